The molecular formula is C20H23ClN6O3. The molecule has 1 amide bonds. The Morgan fingerprint density at radius 3 is 2.60 bits per heavy atom. The van der Waals surface area contributed by atoms with Gasteiger partial charge in [0.1, 0.15) is 11.3 Å². The summed E-state index contributed by atoms with van der Waals surface area (Å²) in [5.74, 6) is -0.519. The minimum atomic E-state index is -0.829. The van der Waals surface area contributed by atoms with Gasteiger partial charge in [-0.05, 0) is 42.8 Å². The number of benzene rings is 1. The van der Waals surface area contributed by atoms with Crippen molar-refractivity contribution < 1.29 is 9.83 Å². The number of allylic oxidation sites excluding steroid dienone is 1. The molecule has 0 fully saturated rings. The minimum absolute atomic E-state index is 0.147. The van der Waals surface area contributed by atoms with Crippen molar-refractivity contribution >= 4 is 29.2 Å². The van der Waals surface area contributed by atoms with Gasteiger partial charge in [0.2, 0.25) is 0 Å². The first-order chi connectivity index (χ1) is 14.2. The highest BCUT2D eigenvalue weighted by Crippen LogP contribution is 2.25. The molecule has 0 spiro atoms. The number of amides is 1. The third-order valence-corrected chi connectivity index (χ3v) is 4.47. The molecule has 1 aromatic carbocycles. The highest BCUT2D eigenvalue weighted by molar-refractivity contribution is 6.30. The number of carbonyl (C=O) groups excluding carboxylic acids is 1. The molecule has 2 aromatic rings. The summed E-state index contributed by atoms with van der Waals surface area (Å²) in [6, 6.07) is 9.76. The fraction of sp³-hybridized carbons (Fsp3) is 0.250. The number of hydrogen-bond donors (Lipinski definition) is 3. The van der Waals surface area contributed by atoms with E-state index < -0.39 is 16.6 Å². The van der Waals surface area contributed by atoms with Crippen molar-refractivity contribution in [3.05, 3.63) is 82.1 Å². The molecule has 1 unspecified atom stereocenters. The van der Waals surface area contributed by atoms with Crippen LogP contribution in [0.3, 0.4) is 0 Å². The maximum atomic E-state index is 12.8. The number of anilines is 1. The van der Waals surface area contributed by atoms with E-state index in [1.54, 1.807) is 48.7 Å². The molecule has 0 saturated heterocycles. The Labute approximate surface area is 179 Å². The zero-order valence-electron chi connectivity index (χ0n) is 16.6. The first kappa shape index (κ1) is 22.8. The second-order valence-electron chi connectivity index (χ2n) is 7.09. The number of pyridine rings is 1. The molecule has 1 heterocycles. The van der Waals surface area contributed by atoms with E-state index in [1.807, 2.05) is 13.8 Å². The summed E-state index contributed by atoms with van der Waals surface area (Å²) in [5, 5.41) is 22.7. The van der Waals surface area contributed by atoms with Gasteiger partial charge in [-0.25, -0.2) is 10.1 Å². The van der Waals surface area contributed by atoms with E-state index in [1.165, 1.54) is 6.20 Å². The van der Waals surface area contributed by atoms with E-state index >= 15 is 0 Å². The van der Waals surface area contributed by atoms with Crippen LogP contribution >= 0.6 is 11.6 Å². The first-order valence-corrected chi connectivity index (χ1v) is 9.43. The Balaban J connectivity index is 2.29. The van der Waals surface area contributed by atoms with Crippen LogP contribution in [0.1, 0.15) is 30.6 Å². The van der Waals surface area contributed by atoms with Gasteiger partial charge >= 0.3 is 0 Å². The normalized spacial score (nSPS) is 12.6. The van der Waals surface area contributed by atoms with Gasteiger partial charge < -0.3 is 16.0 Å². The molecule has 3 N–H and O–H groups in total. The molecule has 158 valence electrons. The van der Waals surface area contributed by atoms with Gasteiger partial charge in [-0.1, -0.05) is 31.5 Å². The summed E-state index contributed by atoms with van der Waals surface area (Å²) in [6.07, 6.45) is 4.58. The number of aromatic nitrogens is 1. The minimum Gasteiger partial charge on any atom is -0.331 e. The van der Waals surface area contributed by atoms with Crippen LogP contribution < -0.4 is 16.0 Å². The van der Waals surface area contributed by atoms with Crippen LogP contribution in [0.4, 0.5) is 5.69 Å². The predicted molar refractivity (Wildman–Crippen MR) is 117 cm³/mol. The van der Waals surface area contributed by atoms with Gasteiger partial charge in [0.15, 0.2) is 5.03 Å². The Morgan fingerprint density at radius 1 is 1.33 bits per heavy atom. The van der Waals surface area contributed by atoms with Crippen LogP contribution in [0.5, 0.6) is 0 Å². The van der Waals surface area contributed by atoms with E-state index in [0.717, 1.165) is 0 Å². The number of guanidine groups is 1. The predicted octanol–water partition coefficient (Wildman–Crippen LogP) is 3.64. The van der Waals surface area contributed by atoms with Gasteiger partial charge in [-0.2, -0.15) is 0 Å². The van der Waals surface area contributed by atoms with E-state index in [2.05, 4.69) is 32.6 Å². The number of hydrazone groups is 1. The molecule has 0 bridgehead atoms. The maximum absolute atomic E-state index is 12.8. The smallest absolute Gasteiger partial charge is 0.274 e. The van der Waals surface area contributed by atoms with E-state index in [-0.39, 0.29) is 11.9 Å². The standard InChI is InChI=1S/C20H23ClN6O3/c1-4-11-20(2,3)18(24-17(28)14-7-9-15(21)10-8-14)25-19(26-27(29)30)23-16-6-5-12-22-13-16/h4-10,12-13,18H,1,11H2,2-3H3,(H,24,28)(H2,23,25,26). The lowest BCUT2D eigenvalue weighted by Crippen LogP contribution is -2.57. The third-order valence-electron chi connectivity index (χ3n) is 4.22. The van der Waals surface area contributed by atoms with Gasteiger partial charge in [0.05, 0.1) is 11.9 Å². The van der Waals surface area contributed by atoms with Gasteiger partial charge in [-0.3, -0.25) is 9.78 Å². The number of rotatable bonds is 8. The van der Waals surface area contributed by atoms with Crippen LogP contribution in [0.2, 0.25) is 5.02 Å². The number of nitro groups is 1. The Bertz CT molecular complexity index is 916. The zero-order chi connectivity index (χ0) is 22.1. The van der Waals surface area contributed by atoms with Crippen molar-refractivity contribution in [2.45, 2.75) is 26.4 Å². The summed E-state index contributed by atoms with van der Waals surface area (Å²) in [4.78, 5) is 27.8. The van der Waals surface area contributed by atoms with Crippen molar-refractivity contribution in [3.63, 3.8) is 0 Å². The first-order valence-electron chi connectivity index (χ1n) is 9.05. The van der Waals surface area contributed by atoms with E-state index in [4.69, 9.17) is 11.6 Å². The van der Waals surface area contributed by atoms with Crippen molar-refractivity contribution in [1.29, 1.82) is 0 Å². The quantitative estimate of drug-likeness (QED) is 0.147. The summed E-state index contributed by atoms with van der Waals surface area (Å²) >= 11 is 5.88. The molecule has 0 aliphatic rings. The molecule has 1 atom stereocenters. The lowest BCUT2D eigenvalue weighted by Gasteiger charge is -2.35. The van der Waals surface area contributed by atoms with Crippen LogP contribution in [0.15, 0.2) is 66.5 Å². The molecular weight excluding hydrogens is 408 g/mol. The summed E-state index contributed by atoms with van der Waals surface area (Å²) in [5.41, 5.74) is 0.334. The highest BCUT2D eigenvalue weighted by Gasteiger charge is 2.32. The number of hydrogen-bond acceptors (Lipinski definition) is 4. The molecule has 30 heavy (non-hydrogen) atoms. The molecule has 2 rings (SSSR count). The molecule has 1 aromatic heterocycles. The molecule has 0 radical (unpaired) electrons. The van der Waals surface area contributed by atoms with Crippen molar-refractivity contribution in [2.24, 2.45) is 10.5 Å². The average Bonchev–Trinajstić information content (AvgIpc) is 2.68. The zero-order valence-corrected chi connectivity index (χ0v) is 17.4. The molecule has 0 saturated carbocycles. The van der Waals surface area contributed by atoms with Gasteiger partial charge in [0, 0.05) is 22.2 Å². The van der Waals surface area contributed by atoms with Crippen molar-refractivity contribution in [2.75, 3.05) is 5.32 Å². The fourth-order valence-corrected chi connectivity index (χ4v) is 2.74. The lowest BCUT2D eigenvalue weighted by atomic mass is 9.85. The van der Waals surface area contributed by atoms with E-state index in [9.17, 15) is 14.9 Å². The SMILES string of the molecule is C=CCC(C)(C)C(NC(=O)c1ccc(Cl)cc1)N/C(=N/[N+](=O)[O-])Nc1cccnc1. The average molecular weight is 431 g/mol. The molecule has 9 nitrogen and oxygen atoms in total. The van der Waals surface area contributed by atoms with Crippen molar-refractivity contribution in [1.82, 2.24) is 15.6 Å². The topological polar surface area (TPSA) is 122 Å². The Kier molecular flexibility index (Phi) is 7.88. The van der Waals surface area contributed by atoms with Crippen LogP contribution in [-0.2, 0) is 0 Å². The maximum Gasteiger partial charge on any atom is 0.274 e. The molecule has 10 heteroatoms. The monoisotopic (exact) mass is 430 g/mol. The van der Waals surface area contributed by atoms with Gasteiger partial charge in [-0.15, -0.1) is 6.58 Å². The number of nitrogens with one attached hydrogen (secondary N) is 3. The highest BCUT2D eigenvalue weighted by atomic mass is 35.5. The molecule has 0 aliphatic heterocycles. The summed E-state index contributed by atoms with van der Waals surface area (Å²) < 4.78 is 0. The number of carbonyl (C=O) groups is 1. The second-order valence-corrected chi connectivity index (χ2v) is 7.53. The lowest BCUT2D eigenvalue weighted by molar-refractivity contribution is -0.485. The Hall–Kier alpha value is -3.46. The van der Waals surface area contributed by atoms with Crippen molar-refractivity contribution in [3.8, 4) is 0 Å². The summed E-state index contributed by atoms with van der Waals surface area (Å²) in [7, 11) is 0. The second kappa shape index (κ2) is 10.4. The number of nitrogens with zero attached hydrogens (tertiary/aromatic N) is 3. The third kappa shape index (κ3) is 6.85. The van der Waals surface area contributed by atoms with Crippen LogP contribution in [0.25, 0.3) is 0 Å². The summed E-state index contributed by atoms with van der Waals surface area (Å²) in [6.45, 7) is 7.54. The number of halogens is 1. The Morgan fingerprint density at radius 2 is 2.03 bits per heavy atom. The van der Waals surface area contributed by atoms with Crippen LogP contribution in [0, 0.1) is 15.5 Å². The van der Waals surface area contributed by atoms with Gasteiger partial charge in [0.25, 0.3) is 11.9 Å². The van der Waals surface area contributed by atoms with Crippen LogP contribution in [-0.4, -0.2) is 28.0 Å². The van der Waals surface area contributed by atoms with E-state index in [0.29, 0.717) is 22.7 Å². The molecule has 0 aliphatic carbocycles. The largest absolute Gasteiger partial charge is 0.331 e. The fourth-order valence-electron chi connectivity index (χ4n) is 2.61.